The maximum Gasteiger partial charge on any atom is 0.0110 e. The van der Waals surface area contributed by atoms with Crippen molar-refractivity contribution in [1.29, 1.82) is 0 Å². The van der Waals surface area contributed by atoms with E-state index >= 15 is 0 Å². The highest BCUT2D eigenvalue weighted by atomic mass is 14.7. The van der Waals surface area contributed by atoms with Crippen LogP contribution in [0.3, 0.4) is 0 Å². The van der Waals surface area contributed by atoms with Gasteiger partial charge in [-0.25, -0.2) is 0 Å². The van der Waals surface area contributed by atoms with Crippen molar-refractivity contribution < 1.29 is 0 Å². The molecule has 0 heterocycles. The molecule has 0 saturated heterocycles. The Morgan fingerprint density at radius 1 is 1.12 bits per heavy atom. The van der Waals surface area contributed by atoms with Gasteiger partial charge in [-0.1, -0.05) is 63.9 Å². The van der Waals surface area contributed by atoms with Gasteiger partial charge in [0.15, 0.2) is 0 Å². The summed E-state index contributed by atoms with van der Waals surface area (Å²) in [5.41, 5.74) is 7.74. The molecule has 0 bridgehead atoms. The van der Waals surface area contributed by atoms with E-state index in [2.05, 4.69) is 51.1 Å². The Balaban J connectivity index is 2.87. The van der Waals surface area contributed by atoms with Crippen LogP contribution in [-0.4, -0.2) is 6.04 Å². The number of nitrogens with two attached hydrogens (primary N) is 1. The average molecular weight is 219 g/mol. The van der Waals surface area contributed by atoms with Crippen molar-refractivity contribution in [2.24, 2.45) is 11.7 Å². The number of hydrogen-bond donors (Lipinski definition) is 1. The smallest absolute Gasteiger partial charge is 0.0110 e. The highest BCUT2D eigenvalue weighted by Crippen LogP contribution is 2.30. The second-order valence-corrected chi connectivity index (χ2v) is 4.77. The summed E-state index contributed by atoms with van der Waals surface area (Å²) >= 11 is 0. The molecule has 0 aliphatic heterocycles. The highest BCUT2D eigenvalue weighted by molar-refractivity contribution is 5.22. The Bertz CT molecular complexity index is 281. The third-order valence-electron chi connectivity index (χ3n) is 3.52. The molecule has 0 aliphatic rings. The summed E-state index contributed by atoms with van der Waals surface area (Å²) in [6.45, 7) is 6.77. The van der Waals surface area contributed by atoms with Crippen molar-refractivity contribution in [2.45, 2.75) is 52.0 Å². The molecule has 1 rings (SSSR count). The molecular formula is C15H25N. The van der Waals surface area contributed by atoms with E-state index in [0.29, 0.717) is 17.9 Å². The first kappa shape index (κ1) is 13.2. The van der Waals surface area contributed by atoms with Crippen molar-refractivity contribution in [3.8, 4) is 0 Å². The summed E-state index contributed by atoms with van der Waals surface area (Å²) in [4.78, 5) is 0. The second kappa shape index (κ2) is 6.70. The Labute approximate surface area is 100 Å². The molecule has 0 amide bonds. The Kier molecular flexibility index (Phi) is 5.54. The van der Waals surface area contributed by atoms with Crippen LogP contribution in [0, 0.1) is 5.92 Å². The fourth-order valence-corrected chi connectivity index (χ4v) is 2.44. The SMILES string of the molecule is CCCC(N)C(c1ccccc1)C(C)CC. The summed E-state index contributed by atoms with van der Waals surface area (Å²) in [5, 5.41) is 0. The first-order chi connectivity index (χ1) is 7.70. The van der Waals surface area contributed by atoms with E-state index in [0.717, 1.165) is 6.42 Å². The van der Waals surface area contributed by atoms with Crippen LogP contribution in [0.1, 0.15) is 51.5 Å². The largest absolute Gasteiger partial charge is 0.327 e. The third kappa shape index (κ3) is 3.34. The summed E-state index contributed by atoms with van der Waals surface area (Å²) in [7, 11) is 0. The van der Waals surface area contributed by atoms with Gasteiger partial charge in [0.05, 0.1) is 0 Å². The molecule has 1 nitrogen and oxygen atoms in total. The molecule has 0 radical (unpaired) electrons. The average Bonchev–Trinajstić information content (AvgIpc) is 2.31. The number of rotatable bonds is 6. The zero-order valence-corrected chi connectivity index (χ0v) is 10.8. The molecule has 3 atom stereocenters. The molecule has 0 aliphatic carbocycles. The Morgan fingerprint density at radius 2 is 1.75 bits per heavy atom. The van der Waals surface area contributed by atoms with E-state index in [-0.39, 0.29) is 0 Å². The molecule has 16 heavy (non-hydrogen) atoms. The molecule has 0 spiro atoms. The van der Waals surface area contributed by atoms with Gasteiger partial charge in [-0.15, -0.1) is 0 Å². The van der Waals surface area contributed by atoms with Gasteiger partial charge in [0.25, 0.3) is 0 Å². The maximum atomic E-state index is 6.34. The van der Waals surface area contributed by atoms with Gasteiger partial charge in [-0.2, -0.15) is 0 Å². The van der Waals surface area contributed by atoms with E-state index < -0.39 is 0 Å². The first-order valence-electron chi connectivity index (χ1n) is 6.51. The van der Waals surface area contributed by atoms with Gasteiger partial charge < -0.3 is 5.73 Å². The normalized spacial score (nSPS) is 16.8. The number of benzene rings is 1. The van der Waals surface area contributed by atoms with Crippen molar-refractivity contribution in [3.05, 3.63) is 35.9 Å². The lowest BCUT2D eigenvalue weighted by Gasteiger charge is -2.29. The van der Waals surface area contributed by atoms with Crippen LogP contribution in [0.2, 0.25) is 0 Å². The lowest BCUT2D eigenvalue weighted by atomic mass is 9.79. The molecule has 1 aromatic carbocycles. The quantitative estimate of drug-likeness (QED) is 0.770. The van der Waals surface area contributed by atoms with Crippen LogP contribution < -0.4 is 5.73 Å². The first-order valence-corrected chi connectivity index (χ1v) is 6.51. The molecule has 3 unspecified atom stereocenters. The minimum atomic E-state index is 0.294. The molecule has 0 aromatic heterocycles. The van der Waals surface area contributed by atoms with E-state index in [1.807, 2.05) is 0 Å². The van der Waals surface area contributed by atoms with E-state index in [4.69, 9.17) is 5.73 Å². The fourth-order valence-electron chi connectivity index (χ4n) is 2.44. The minimum Gasteiger partial charge on any atom is -0.327 e. The van der Waals surface area contributed by atoms with E-state index in [1.165, 1.54) is 18.4 Å². The van der Waals surface area contributed by atoms with Gasteiger partial charge in [0.1, 0.15) is 0 Å². The number of hydrogen-bond acceptors (Lipinski definition) is 1. The standard InChI is InChI=1S/C15H25N/c1-4-9-14(16)15(12(3)5-2)13-10-7-6-8-11-13/h6-8,10-12,14-15H,4-5,9,16H2,1-3H3. The molecule has 0 saturated carbocycles. The van der Waals surface area contributed by atoms with Crippen LogP contribution in [0.4, 0.5) is 0 Å². The third-order valence-corrected chi connectivity index (χ3v) is 3.52. The van der Waals surface area contributed by atoms with Crippen LogP contribution in [0.15, 0.2) is 30.3 Å². The Hall–Kier alpha value is -0.820. The monoisotopic (exact) mass is 219 g/mol. The molecular weight excluding hydrogens is 194 g/mol. The zero-order chi connectivity index (χ0) is 12.0. The van der Waals surface area contributed by atoms with Gasteiger partial charge in [-0.05, 0) is 17.9 Å². The Morgan fingerprint density at radius 3 is 2.25 bits per heavy atom. The van der Waals surface area contributed by atoms with Gasteiger partial charge >= 0.3 is 0 Å². The van der Waals surface area contributed by atoms with Gasteiger partial charge in [0.2, 0.25) is 0 Å². The predicted octanol–water partition coefficient (Wildman–Crippen LogP) is 3.94. The molecule has 90 valence electrons. The lowest BCUT2D eigenvalue weighted by molar-refractivity contribution is 0.367. The predicted molar refractivity (Wildman–Crippen MR) is 71.5 cm³/mol. The van der Waals surface area contributed by atoms with E-state index in [1.54, 1.807) is 0 Å². The van der Waals surface area contributed by atoms with Crippen LogP contribution >= 0.6 is 0 Å². The van der Waals surface area contributed by atoms with Crippen molar-refractivity contribution in [1.82, 2.24) is 0 Å². The van der Waals surface area contributed by atoms with Crippen LogP contribution in [-0.2, 0) is 0 Å². The molecule has 0 fully saturated rings. The minimum absolute atomic E-state index is 0.294. The topological polar surface area (TPSA) is 26.0 Å². The summed E-state index contributed by atoms with van der Waals surface area (Å²) in [6, 6.07) is 11.0. The van der Waals surface area contributed by atoms with Gasteiger partial charge in [-0.3, -0.25) is 0 Å². The molecule has 2 N–H and O–H groups in total. The summed E-state index contributed by atoms with van der Waals surface area (Å²) in [5.74, 6) is 1.16. The second-order valence-electron chi connectivity index (χ2n) is 4.77. The summed E-state index contributed by atoms with van der Waals surface area (Å²) < 4.78 is 0. The van der Waals surface area contributed by atoms with Crippen LogP contribution in [0.5, 0.6) is 0 Å². The fraction of sp³-hybridized carbons (Fsp3) is 0.600. The van der Waals surface area contributed by atoms with Crippen molar-refractivity contribution in [3.63, 3.8) is 0 Å². The van der Waals surface area contributed by atoms with Crippen molar-refractivity contribution in [2.75, 3.05) is 0 Å². The highest BCUT2D eigenvalue weighted by Gasteiger charge is 2.23. The maximum absolute atomic E-state index is 6.34. The van der Waals surface area contributed by atoms with Gasteiger partial charge in [0, 0.05) is 12.0 Å². The van der Waals surface area contributed by atoms with Crippen LogP contribution in [0.25, 0.3) is 0 Å². The van der Waals surface area contributed by atoms with E-state index in [9.17, 15) is 0 Å². The lowest BCUT2D eigenvalue weighted by Crippen LogP contribution is -2.32. The molecule has 1 heteroatoms. The summed E-state index contributed by atoms with van der Waals surface area (Å²) in [6.07, 6.45) is 3.47. The van der Waals surface area contributed by atoms with Crippen molar-refractivity contribution >= 4 is 0 Å². The molecule has 1 aromatic rings. The zero-order valence-electron chi connectivity index (χ0n) is 10.8.